The third-order valence-electron chi connectivity index (χ3n) is 3.55. The van der Waals surface area contributed by atoms with E-state index >= 15 is 0 Å². The van der Waals surface area contributed by atoms with Gasteiger partial charge in [-0.25, -0.2) is 13.2 Å². The average Bonchev–Trinajstić information content (AvgIpc) is 2.56. The van der Waals surface area contributed by atoms with E-state index < -0.39 is 48.4 Å². The lowest BCUT2D eigenvalue weighted by Gasteiger charge is -2.15. The lowest BCUT2D eigenvalue weighted by atomic mass is 10.1. The molecule has 0 unspecified atom stereocenters. The van der Waals surface area contributed by atoms with Gasteiger partial charge in [-0.1, -0.05) is 23.7 Å². The lowest BCUT2D eigenvalue weighted by Crippen LogP contribution is -2.31. The fourth-order valence-corrected chi connectivity index (χ4v) is 2.49. The Morgan fingerprint density at radius 3 is 2.54 bits per heavy atom. The average molecular weight is 386 g/mol. The monoisotopic (exact) mass is 385 g/mol. The highest BCUT2D eigenvalue weighted by Gasteiger charge is 2.17. The normalized spacial score (nSPS) is 11.7. The van der Waals surface area contributed by atoms with E-state index in [0.29, 0.717) is 6.07 Å². The predicted molar refractivity (Wildman–Crippen MR) is 89.0 cm³/mol. The minimum atomic E-state index is -0.840. The molecule has 138 valence electrons. The lowest BCUT2D eigenvalue weighted by molar-refractivity contribution is -0.148. The van der Waals surface area contributed by atoms with Gasteiger partial charge in [-0.15, -0.1) is 0 Å². The van der Waals surface area contributed by atoms with Crippen LogP contribution in [0.3, 0.4) is 0 Å². The summed E-state index contributed by atoms with van der Waals surface area (Å²) >= 11 is 5.81. The number of carbonyl (C=O) groups excluding carboxylic acids is 2. The van der Waals surface area contributed by atoms with E-state index in [1.54, 1.807) is 0 Å². The molecule has 1 N–H and O–H groups in total. The molecule has 2 aromatic rings. The molecule has 0 bridgehead atoms. The van der Waals surface area contributed by atoms with Crippen LogP contribution in [0, 0.1) is 17.5 Å². The Kier molecular flexibility index (Phi) is 6.63. The molecule has 1 amide bonds. The molecule has 1 atom stereocenters. The molecule has 26 heavy (non-hydrogen) atoms. The highest BCUT2D eigenvalue weighted by molar-refractivity contribution is 6.31. The zero-order valence-corrected chi connectivity index (χ0v) is 14.4. The molecule has 0 spiro atoms. The van der Waals surface area contributed by atoms with Crippen LogP contribution in [0.1, 0.15) is 24.1 Å². The summed E-state index contributed by atoms with van der Waals surface area (Å²) in [5, 5.41) is 2.50. The smallest absolute Gasteiger partial charge is 0.310 e. The molecular formula is C18H15ClF3NO3. The maximum Gasteiger partial charge on any atom is 0.310 e. The van der Waals surface area contributed by atoms with Crippen LogP contribution in [-0.2, 0) is 20.7 Å². The summed E-state index contributed by atoms with van der Waals surface area (Å²) in [6.07, 6.45) is -0.430. The first-order chi connectivity index (χ1) is 12.3. The maximum atomic E-state index is 13.7. The Balaban J connectivity index is 1.87. The second-order valence-electron chi connectivity index (χ2n) is 5.49. The maximum absolute atomic E-state index is 13.7. The Morgan fingerprint density at radius 2 is 1.88 bits per heavy atom. The summed E-state index contributed by atoms with van der Waals surface area (Å²) in [6, 6.07) is 6.20. The van der Waals surface area contributed by atoms with Crippen molar-refractivity contribution >= 4 is 23.5 Å². The molecule has 2 aromatic carbocycles. The van der Waals surface area contributed by atoms with E-state index in [4.69, 9.17) is 16.3 Å². The van der Waals surface area contributed by atoms with E-state index in [2.05, 4.69) is 5.32 Å². The predicted octanol–water partition coefficient (Wildman–Crippen LogP) is 3.72. The van der Waals surface area contributed by atoms with Gasteiger partial charge in [-0.3, -0.25) is 9.59 Å². The topological polar surface area (TPSA) is 55.4 Å². The molecule has 2 rings (SSSR count). The number of hydrogen-bond acceptors (Lipinski definition) is 3. The number of rotatable bonds is 6. The van der Waals surface area contributed by atoms with E-state index in [9.17, 15) is 22.8 Å². The van der Waals surface area contributed by atoms with Crippen molar-refractivity contribution in [2.24, 2.45) is 0 Å². The molecule has 4 nitrogen and oxygen atoms in total. The molecule has 0 aromatic heterocycles. The summed E-state index contributed by atoms with van der Waals surface area (Å²) in [7, 11) is 0. The molecule has 0 saturated heterocycles. The molecule has 0 radical (unpaired) electrons. The second kappa shape index (κ2) is 8.71. The standard InChI is InChI=1S/C18H15ClF3NO3/c1-10(12-6-5-11(20)7-16(12)22)23-17(24)9-26-18(25)8-13-14(19)3-2-4-15(13)21/h2-7,10H,8-9H2,1H3,(H,23,24)/t10-/m1/s1. The molecule has 0 fully saturated rings. The van der Waals surface area contributed by atoms with Crippen LogP contribution >= 0.6 is 11.6 Å². The summed E-state index contributed by atoms with van der Waals surface area (Å²) in [5.74, 6) is -3.71. The number of nitrogens with one attached hydrogen (secondary N) is 1. The minimum Gasteiger partial charge on any atom is -0.455 e. The molecule has 0 saturated carbocycles. The summed E-state index contributed by atoms with van der Waals surface area (Å²) < 4.78 is 44.9. The fraction of sp³-hybridized carbons (Fsp3) is 0.222. The summed E-state index contributed by atoms with van der Waals surface area (Å²) in [5.41, 5.74) is 0.0607. The first-order valence-electron chi connectivity index (χ1n) is 7.60. The van der Waals surface area contributed by atoms with Gasteiger partial charge in [0.15, 0.2) is 6.61 Å². The van der Waals surface area contributed by atoms with E-state index in [1.807, 2.05) is 0 Å². The molecule has 0 heterocycles. The zero-order valence-electron chi connectivity index (χ0n) is 13.7. The summed E-state index contributed by atoms with van der Waals surface area (Å²) in [4.78, 5) is 23.6. The highest BCUT2D eigenvalue weighted by atomic mass is 35.5. The van der Waals surface area contributed by atoms with Gasteiger partial charge in [0, 0.05) is 22.2 Å². The van der Waals surface area contributed by atoms with Gasteiger partial charge < -0.3 is 10.1 Å². The van der Waals surface area contributed by atoms with Crippen molar-refractivity contribution < 1.29 is 27.5 Å². The first kappa shape index (κ1) is 19.8. The van der Waals surface area contributed by atoms with Crippen molar-refractivity contribution in [3.63, 3.8) is 0 Å². The summed E-state index contributed by atoms with van der Waals surface area (Å²) in [6.45, 7) is 0.868. The number of hydrogen-bond donors (Lipinski definition) is 1. The van der Waals surface area contributed by atoms with Crippen LogP contribution < -0.4 is 5.32 Å². The van der Waals surface area contributed by atoms with Crippen molar-refractivity contribution in [2.45, 2.75) is 19.4 Å². The third-order valence-corrected chi connectivity index (χ3v) is 3.91. The zero-order chi connectivity index (χ0) is 19.3. The van der Waals surface area contributed by atoms with Gasteiger partial charge >= 0.3 is 5.97 Å². The van der Waals surface area contributed by atoms with Crippen molar-refractivity contribution in [3.05, 3.63) is 70.0 Å². The Labute approximate surface area is 152 Å². The first-order valence-corrected chi connectivity index (χ1v) is 7.98. The SMILES string of the molecule is C[C@@H](NC(=O)COC(=O)Cc1c(F)cccc1Cl)c1ccc(F)cc1F. The van der Waals surface area contributed by atoms with Crippen molar-refractivity contribution in [1.29, 1.82) is 0 Å². The van der Waals surface area contributed by atoms with Gasteiger partial charge in [-0.2, -0.15) is 0 Å². The van der Waals surface area contributed by atoms with Crippen LogP contribution in [0.15, 0.2) is 36.4 Å². The molecule has 0 aliphatic heterocycles. The number of carbonyl (C=O) groups is 2. The highest BCUT2D eigenvalue weighted by Crippen LogP contribution is 2.20. The van der Waals surface area contributed by atoms with E-state index in [1.165, 1.54) is 25.1 Å². The molecular weight excluding hydrogens is 371 g/mol. The van der Waals surface area contributed by atoms with Crippen molar-refractivity contribution in [2.75, 3.05) is 6.61 Å². The number of halogens is 4. The van der Waals surface area contributed by atoms with Crippen LogP contribution in [0.4, 0.5) is 13.2 Å². The molecule has 8 heteroatoms. The van der Waals surface area contributed by atoms with Gasteiger partial charge in [0.25, 0.3) is 5.91 Å². The minimum absolute atomic E-state index is 0.0265. The Bertz CT molecular complexity index is 809. The number of esters is 1. The van der Waals surface area contributed by atoms with Crippen LogP contribution in [0.2, 0.25) is 5.02 Å². The van der Waals surface area contributed by atoms with Gasteiger partial charge in [0.1, 0.15) is 17.5 Å². The van der Waals surface area contributed by atoms with E-state index in [0.717, 1.165) is 12.1 Å². The second-order valence-corrected chi connectivity index (χ2v) is 5.90. The molecule has 0 aliphatic carbocycles. The van der Waals surface area contributed by atoms with Crippen molar-refractivity contribution in [1.82, 2.24) is 5.32 Å². The molecule has 0 aliphatic rings. The van der Waals surface area contributed by atoms with Crippen LogP contribution in [0.25, 0.3) is 0 Å². The number of benzene rings is 2. The largest absolute Gasteiger partial charge is 0.455 e. The van der Waals surface area contributed by atoms with Crippen molar-refractivity contribution in [3.8, 4) is 0 Å². The number of amides is 1. The Morgan fingerprint density at radius 1 is 1.15 bits per heavy atom. The van der Waals surface area contributed by atoms with Gasteiger partial charge in [0.05, 0.1) is 12.5 Å². The number of ether oxygens (including phenoxy) is 1. The Hall–Kier alpha value is -2.54. The van der Waals surface area contributed by atoms with Gasteiger partial charge in [-0.05, 0) is 25.1 Å². The van der Waals surface area contributed by atoms with Gasteiger partial charge in [0.2, 0.25) is 0 Å². The quantitative estimate of drug-likeness (QED) is 0.771. The van der Waals surface area contributed by atoms with Crippen LogP contribution in [0.5, 0.6) is 0 Å². The van der Waals surface area contributed by atoms with E-state index in [-0.39, 0.29) is 16.1 Å². The van der Waals surface area contributed by atoms with Crippen LogP contribution in [-0.4, -0.2) is 18.5 Å². The third kappa shape index (κ3) is 5.23. The fourth-order valence-electron chi connectivity index (χ4n) is 2.26.